The minimum atomic E-state index is -0.710. The fourth-order valence-electron chi connectivity index (χ4n) is 2.81. The van der Waals surface area contributed by atoms with Gasteiger partial charge in [0, 0.05) is 35.6 Å². The Morgan fingerprint density at radius 1 is 1.19 bits per heavy atom. The first kappa shape index (κ1) is 18.1. The third-order valence-corrected chi connectivity index (χ3v) is 4.06. The van der Waals surface area contributed by atoms with Gasteiger partial charge in [0.05, 0.1) is 0 Å². The van der Waals surface area contributed by atoms with Gasteiger partial charge in [-0.05, 0) is 37.4 Å². The number of benzene rings is 2. The second-order valence-electron chi connectivity index (χ2n) is 6.32. The number of aliphatic hydroxyl groups is 1. The molecule has 0 saturated heterocycles. The van der Waals surface area contributed by atoms with Gasteiger partial charge >= 0.3 is 0 Å². The highest BCUT2D eigenvalue weighted by atomic mass is 19.1. The lowest BCUT2D eigenvalue weighted by molar-refractivity contribution is 0.0741. The van der Waals surface area contributed by atoms with E-state index >= 15 is 0 Å². The molecule has 1 atom stereocenters. The molecule has 2 aromatic carbocycles. The largest absolute Gasteiger partial charge is 0.491 e. The number of nitrogens with zero attached hydrogens (tertiary/aromatic N) is 1. The van der Waals surface area contributed by atoms with Crippen molar-refractivity contribution in [3.05, 3.63) is 76.3 Å². The number of ether oxygens (including phenoxy) is 1. The van der Waals surface area contributed by atoms with Crippen LogP contribution >= 0.6 is 0 Å². The van der Waals surface area contributed by atoms with Crippen LogP contribution < -0.4 is 10.3 Å². The molecular formula is C20H21FN2O3. The SMILES string of the molecule is CN(Cc1ccccc1F)CC(O)COc1ccc2[nH]c(=O)ccc2c1. The average Bonchev–Trinajstić information content (AvgIpc) is 2.62. The maximum absolute atomic E-state index is 13.7. The molecule has 1 unspecified atom stereocenters. The Balaban J connectivity index is 1.53. The van der Waals surface area contributed by atoms with Crippen LogP contribution in [0.2, 0.25) is 0 Å². The van der Waals surface area contributed by atoms with E-state index < -0.39 is 6.10 Å². The molecule has 26 heavy (non-hydrogen) atoms. The number of nitrogens with one attached hydrogen (secondary N) is 1. The van der Waals surface area contributed by atoms with Crippen molar-refractivity contribution in [1.82, 2.24) is 9.88 Å². The summed E-state index contributed by atoms with van der Waals surface area (Å²) in [6.07, 6.45) is -0.710. The van der Waals surface area contributed by atoms with E-state index in [0.717, 1.165) is 10.9 Å². The Labute approximate surface area is 150 Å². The summed E-state index contributed by atoms with van der Waals surface area (Å²) >= 11 is 0. The minimum absolute atomic E-state index is 0.121. The van der Waals surface area contributed by atoms with Crippen LogP contribution in [0.1, 0.15) is 5.56 Å². The van der Waals surface area contributed by atoms with Crippen molar-refractivity contribution < 1.29 is 14.2 Å². The number of rotatable bonds is 7. The van der Waals surface area contributed by atoms with E-state index in [4.69, 9.17) is 4.74 Å². The summed E-state index contributed by atoms with van der Waals surface area (Å²) in [6, 6.07) is 15.1. The van der Waals surface area contributed by atoms with E-state index in [9.17, 15) is 14.3 Å². The highest BCUT2D eigenvalue weighted by molar-refractivity contribution is 5.79. The summed E-state index contributed by atoms with van der Waals surface area (Å²) in [5, 5.41) is 11.0. The number of H-pyrrole nitrogens is 1. The van der Waals surface area contributed by atoms with E-state index in [1.54, 1.807) is 42.5 Å². The number of aromatic nitrogens is 1. The van der Waals surface area contributed by atoms with E-state index in [0.29, 0.717) is 24.4 Å². The van der Waals surface area contributed by atoms with Crippen molar-refractivity contribution in [3.63, 3.8) is 0 Å². The van der Waals surface area contributed by atoms with Crippen LogP contribution in [0.15, 0.2) is 59.4 Å². The van der Waals surface area contributed by atoms with Gasteiger partial charge < -0.3 is 14.8 Å². The van der Waals surface area contributed by atoms with Crippen LogP contribution in [0, 0.1) is 5.82 Å². The quantitative estimate of drug-likeness (QED) is 0.683. The molecule has 0 bridgehead atoms. The molecule has 0 aliphatic rings. The summed E-state index contributed by atoms with van der Waals surface area (Å²) < 4.78 is 19.3. The number of hydrogen-bond acceptors (Lipinski definition) is 4. The highest BCUT2D eigenvalue weighted by Crippen LogP contribution is 2.18. The second kappa shape index (κ2) is 8.12. The Kier molecular flexibility index (Phi) is 5.65. The third kappa shape index (κ3) is 4.68. The number of halogens is 1. The zero-order valence-corrected chi connectivity index (χ0v) is 14.5. The fraction of sp³-hybridized carbons (Fsp3) is 0.250. The molecule has 3 rings (SSSR count). The number of likely N-dealkylation sites (N-methyl/N-ethyl adjacent to an activating group) is 1. The van der Waals surface area contributed by atoms with Crippen molar-refractivity contribution in [1.29, 1.82) is 0 Å². The van der Waals surface area contributed by atoms with Gasteiger partial charge in [-0.25, -0.2) is 4.39 Å². The number of pyridine rings is 1. The Bertz CT molecular complexity index is 941. The maximum atomic E-state index is 13.7. The molecule has 0 fully saturated rings. The highest BCUT2D eigenvalue weighted by Gasteiger charge is 2.11. The van der Waals surface area contributed by atoms with Gasteiger partial charge in [-0.2, -0.15) is 0 Å². The van der Waals surface area contributed by atoms with Crippen molar-refractivity contribution in [2.45, 2.75) is 12.6 Å². The van der Waals surface area contributed by atoms with Crippen LogP contribution in [0.4, 0.5) is 4.39 Å². The monoisotopic (exact) mass is 356 g/mol. The standard InChI is InChI=1S/C20H21FN2O3/c1-23(11-15-4-2-3-5-18(15)21)12-16(24)13-26-17-7-8-19-14(10-17)6-9-20(25)22-19/h2-10,16,24H,11-13H2,1H3,(H,22,25). The van der Waals surface area contributed by atoms with Gasteiger partial charge in [0.25, 0.3) is 0 Å². The van der Waals surface area contributed by atoms with Crippen LogP contribution in [0.5, 0.6) is 5.75 Å². The molecule has 0 amide bonds. The van der Waals surface area contributed by atoms with Gasteiger partial charge in [-0.15, -0.1) is 0 Å². The van der Waals surface area contributed by atoms with Gasteiger partial charge in [0.15, 0.2) is 0 Å². The van der Waals surface area contributed by atoms with Gasteiger partial charge in [0.1, 0.15) is 24.3 Å². The van der Waals surface area contributed by atoms with Gasteiger partial charge in [-0.1, -0.05) is 18.2 Å². The number of aromatic amines is 1. The van der Waals surface area contributed by atoms with Crippen LogP contribution in [-0.2, 0) is 6.54 Å². The molecule has 0 aliphatic carbocycles. The van der Waals surface area contributed by atoms with Gasteiger partial charge in [0.2, 0.25) is 5.56 Å². The first-order valence-corrected chi connectivity index (χ1v) is 8.37. The summed E-state index contributed by atoms with van der Waals surface area (Å²) in [7, 11) is 1.82. The van der Waals surface area contributed by atoms with E-state index in [2.05, 4.69) is 4.98 Å². The lowest BCUT2D eigenvalue weighted by Gasteiger charge is -2.21. The zero-order valence-electron chi connectivity index (χ0n) is 14.5. The molecule has 2 N–H and O–H groups in total. The number of fused-ring (bicyclic) bond motifs is 1. The van der Waals surface area contributed by atoms with Crippen LogP contribution in [-0.4, -0.2) is 41.3 Å². The van der Waals surface area contributed by atoms with Crippen molar-refractivity contribution in [2.75, 3.05) is 20.2 Å². The molecule has 0 spiro atoms. The fourth-order valence-corrected chi connectivity index (χ4v) is 2.81. The summed E-state index contributed by atoms with van der Waals surface area (Å²) in [6.45, 7) is 0.888. The zero-order chi connectivity index (χ0) is 18.5. The smallest absolute Gasteiger partial charge is 0.248 e. The second-order valence-corrected chi connectivity index (χ2v) is 6.32. The number of aliphatic hydroxyl groups excluding tert-OH is 1. The maximum Gasteiger partial charge on any atom is 0.248 e. The summed E-state index contributed by atoms with van der Waals surface area (Å²) in [5.74, 6) is 0.361. The molecule has 6 heteroatoms. The molecule has 1 heterocycles. The molecule has 0 saturated carbocycles. The first-order valence-electron chi connectivity index (χ1n) is 8.37. The Morgan fingerprint density at radius 3 is 2.81 bits per heavy atom. The van der Waals surface area contributed by atoms with E-state index in [1.165, 1.54) is 12.1 Å². The first-order chi connectivity index (χ1) is 12.5. The topological polar surface area (TPSA) is 65.6 Å². The molecule has 5 nitrogen and oxygen atoms in total. The van der Waals surface area contributed by atoms with Crippen molar-refractivity contribution in [2.24, 2.45) is 0 Å². The molecule has 3 aromatic rings. The Hall–Kier alpha value is -2.70. The lowest BCUT2D eigenvalue weighted by atomic mass is 10.2. The molecule has 0 radical (unpaired) electrons. The summed E-state index contributed by atoms with van der Waals surface area (Å²) in [4.78, 5) is 15.9. The molecule has 136 valence electrons. The van der Waals surface area contributed by atoms with Crippen molar-refractivity contribution >= 4 is 10.9 Å². The summed E-state index contributed by atoms with van der Waals surface area (Å²) in [5.41, 5.74) is 1.17. The average molecular weight is 356 g/mol. The molecule has 0 aliphatic heterocycles. The van der Waals surface area contributed by atoms with E-state index in [-0.39, 0.29) is 18.0 Å². The minimum Gasteiger partial charge on any atom is -0.491 e. The third-order valence-electron chi connectivity index (χ3n) is 4.06. The number of hydrogen-bond donors (Lipinski definition) is 2. The predicted octanol–water partition coefficient (Wildman–Crippen LogP) is 2.54. The predicted molar refractivity (Wildman–Crippen MR) is 98.8 cm³/mol. The van der Waals surface area contributed by atoms with Crippen molar-refractivity contribution in [3.8, 4) is 5.75 Å². The van der Waals surface area contributed by atoms with Crippen LogP contribution in [0.3, 0.4) is 0 Å². The van der Waals surface area contributed by atoms with Crippen LogP contribution in [0.25, 0.3) is 10.9 Å². The molecular weight excluding hydrogens is 335 g/mol. The molecule has 1 aromatic heterocycles. The lowest BCUT2D eigenvalue weighted by Crippen LogP contribution is -2.33. The normalized spacial score (nSPS) is 12.5. The Morgan fingerprint density at radius 2 is 2.00 bits per heavy atom. The van der Waals surface area contributed by atoms with E-state index in [1.807, 2.05) is 11.9 Å². The van der Waals surface area contributed by atoms with Gasteiger partial charge in [-0.3, -0.25) is 9.69 Å².